The van der Waals surface area contributed by atoms with Crippen LogP contribution in [0.5, 0.6) is 57.5 Å². The zero-order chi connectivity index (χ0) is 50.8. The van der Waals surface area contributed by atoms with E-state index in [0.717, 1.165) is 59.8 Å². The number of ether oxygens (including phenoxy) is 12. The maximum atomic E-state index is 13.1. The molecule has 0 saturated carbocycles. The van der Waals surface area contributed by atoms with Gasteiger partial charge in [0.25, 0.3) is 0 Å². The molecule has 0 spiro atoms. The number of carbonyl (C=O) groups is 2. The van der Waals surface area contributed by atoms with Crippen molar-refractivity contribution >= 4 is 23.5 Å². The topological polar surface area (TPSA) is 145 Å². The average Bonchev–Trinajstić information content (AvgIpc) is 3.37. The van der Waals surface area contributed by atoms with Gasteiger partial charge in [-0.25, -0.2) is 9.59 Å². The molecule has 0 radical (unpaired) electrons. The van der Waals surface area contributed by atoms with Crippen LogP contribution in [0.1, 0.15) is 58.3 Å². The lowest BCUT2D eigenvalue weighted by Gasteiger charge is -2.46. The van der Waals surface area contributed by atoms with Gasteiger partial charge in [-0.1, -0.05) is 11.6 Å². The molecule has 0 bridgehead atoms. The third-order valence-electron chi connectivity index (χ3n) is 13.8. The molecular formula is C53H69ClN2O14+2. The van der Waals surface area contributed by atoms with Crippen LogP contribution < -0.4 is 47.4 Å². The molecule has 4 aromatic carbocycles. The van der Waals surface area contributed by atoms with Gasteiger partial charge in [0, 0.05) is 54.9 Å². The van der Waals surface area contributed by atoms with Crippen LogP contribution in [0.15, 0.2) is 59.6 Å². The van der Waals surface area contributed by atoms with Gasteiger partial charge in [-0.15, -0.1) is 0 Å². The van der Waals surface area contributed by atoms with Crippen LogP contribution in [0.25, 0.3) is 0 Å². The van der Waals surface area contributed by atoms with Crippen LogP contribution in [-0.2, 0) is 38.3 Å². The van der Waals surface area contributed by atoms with E-state index in [0.29, 0.717) is 98.8 Å². The number of quaternary nitrogens is 2. The van der Waals surface area contributed by atoms with Crippen LogP contribution in [-0.4, -0.2) is 145 Å². The van der Waals surface area contributed by atoms with E-state index >= 15 is 0 Å². The Labute approximate surface area is 416 Å². The Hall–Kier alpha value is -6.23. The summed E-state index contributed by atoms with van der Waals surface area (Å²) in [6.07, 6.45) is 4.25. The summed E-state index contributed by atoms with van der Waals surface area (Å²) in [5, 5.41) is -0.366. The Morgan fingerprint density at radius 2 is 0.971 bits per heavy atom. The summed E-state index contributed by atoms with van der Waals surface area (Å²) in [7, 11) is 20.5. The van der Waals surface area contributed by atoms with Crippen molar-refractivity contribution in [1.82, 2.24) is 0 Å². The molecule has 70 heavy (non-hydrogen) atoms. The van der Waals surface area contributed by atoms with Gasteiger partial charge in [-0.3, -0.25) is 0 Å². The van der Waals surface area contributed by atoms with E-state index in [2.05, 4.69) is 26.2 Å². The summed E-state index contributed by atoms with van der Waals surface area (Å²) in [6, 6.07) is 15.9. The van der Waals surface area contributed by atoms with Gasteiger partial charge in [-0.2, -0.15) is 0 Å². The average molecular weight is 994 g/mol. The normalized spacial score (nSPS) is 19.4. The number of hydrogen-bond acceptors (Lipinski definition) is 14. The molecule has 0 saturated heterocycles. The maximum Gasteiger partial charge on any atom is 0.350 e. The van der Waals surface area contributed by atoms with Crippen LogP contribution in [0.2, 0.25) is 0 Å². The van der Waals surface area contributed by atoms with Gasteiger partial charge >= 0.3 is 11.9 Å². The number of methoxy groups -OCH3 is 10. The number of carbonyl (C=O) groups excluding carboxylic acids is 2. The fourth-order valence-electron chi connectivity index (χ4n) is 10.2. The molecule has 4 atom stereocenters. The van der Waals surface area contributed by atoms with Crippen molar-refractivity contribution < 1.29 is 75.4 Å². The number of halogens is 1. The van der Waals surface area contributed by atoms with Crippen molar-refractivity contribution in [1.29, 1.82) is 0 Å². The molecule has 0 aliphatic carbocycles. The highest BCUT2D eigenvalue weighted by Gasteiger charge is 2.43. The molecule has 2 aliphatic heterocycles. The lowest BCUT2D eigenvalue weighted by atomic mass is 9.85. The van der Waals surface area contributed by atoms with E-state index in [9.17, 15) is 9.59 Å². The first-order valence-electron chi connectivity index (χ1n) is 23.2. The summed E-state index contributed by atoms with van der Waals surface area (Å²) >= 11 is 6.36. The fourth-order valence-corrected chi connectivity index (χ4v) is 10.3. The second kappa shape index (κ2) is 23.6. The van der Waals surface area contributed by atoms with Crippen molar-refractivity contribution in [3.8, 4) is 57.5 Å². The maximum absolute atomic E-state index is 13.1. The minimum Gasteiger partial charge on any atom is -0.493 e. The summed E-state index contributed by atoms with van der Waals surface area (Å²) in [6.45, 7) is 3.09. The highest BCUT2D eigenvalue weighted by atomic mass is 35.5. The number of hydrogen-bond donors (Lipinski definition) is 0. The Morgan fingerprint density at radius 3 is 1.47 bits per heavy atom. The number of rotatable bonds is 23. The minimum atomic E-state index is -0.810. The van der Waals surface area contributed by atoms with Gasteiger partial charge in [0.1, 0.15) is 17.1 Å². The molecule has 16 nitrogen and oxygen atoms in total. The second-order valence-corrected chi connectivity index (χ2v) is 18.2. The van der Waals surface area contributed by atoms with E-state index in [1.807, 2.05) is 36.4 Å². The Bertz CT molecular complexity index is 2480. The van der Waals surface area contributed by atoms with E-state index in [1.165, 1.54) is 5.56 Å². The van der Waals surface area contributed by atoms with Crippen LogP contribution in [0.3, 0.4) is 0 Å². The zero-order valence-corrected chi connectivity index (χ0v) is 43.4. The van der Waals surface area contributed by atoms with Crippen molar-refractivity contribution in [2.24, 2.45) is 0 Å². The van der Waals surface area contributed by atoms with E-state index < -0.39 is 11.9 Å². The molecule has 0 unspecified atom stereocenters. The highest BCUT2D eigenvalue weighted by Crippen LogP contribution is 2.49. The van der Waals surface area contributed by atoms with Crippen LogP contribution in [0, 0.1) is 0 Å². The standard InChI is InChI=1S/C53H69ClN2O14/c1-55(19-15-34-26-41(59-3)43(61-5)30-37(34)40(55)23-33-24-45(63-7)51(67-11)46(25-33)64-8)17-13-21-69-49(57)32-39(54)53(58)70-22-14-18-56(2)20-16-35-27-42(60-4)44(62-6)31-38(35)50(56)36-28-47(65-9)52(68-12)48(29-36)66-10/h24-32,40,50H,13-23H2,1-12H3/q+2/b39-32-/t40-,50-,55-,56-/m1/s1. The molecule has 4 aromatic rings. The van der Waals surface area contributed by atoms with Gasteiger partial charge in [0.15, 0.2) is 46.0 Å². The first kappa shape index (κ1) is 53.1. The van der Waals surface area contributed by atoms with Crippen LogP contribution >= 0.6 is 11.6 Å². The van der Waals surface area contributed by atoms with Crippen molar-refractivity contribution in [3.05, 3.63) is 93.0 Å². The second-order valence-electron chi connectivity index (χ2n) is 17.8. The molecule has 2 aliphatic rings. The summed E-state index contributed by atoms with van der Waals surface area (Å²) in [4.78, 5) is 26.1. The number of likely N-dealkylation sites (N-methyl/N-ethyl adjacent to an activating group) is 2. The molecule has 6 rings (SSSR count). The number of nitrogens with zero attached hydrogens (tertiary/aromatic N) is 2. The molecule has 0 fully saturated rings. The quantitative estimate of drug-likeness (QED) is 0.0308. The predicted molar refractivity (Wildman–Crippen MR) is 264 cm³/mol. The largest absolute Gasteiger partial charge is 0.493 e. The van der Waals surface area contributed by atoms with Crippen molar-refractivity contribution in [3.63, 3.8) is 0 Å². The molecule has 380 valence electrons. The van der Waals surface area contributed by atoms with Crippen LogP contribution in [0.4, 0.5) is 0 Å². The smallest absolute Gasteiger partial charge is 0.350 e. The lowest BCUT2D eigenvalue weighted by molar-refractivity contribution is -0.941. The lowest BCUT2D eigenvalue weighted by Crippen LogP contribution is -2.52. The minimum absolute atomic E-state index is 0.0190. The highest BCUT2D eigenvalue weighted by molar-refractivity contribution is 6.42. The predicted octanol–water partition coefficient (Wildman–Crippen LogP) is 7.84. The molecule has 2 heterocycles. The number of esters is 2. The first-order valence-corrected chi connectivity index (χ1v) is 23.5. The van der Waals surface area contributed by atoms with Gasteiger partial charge in [0.05, 0.1) is 125 Å². The molecule has 17 heteroatoms. The van der Waals surface area contributed by atoms with E-state index in [1.54, 1.807) is 71.1 Å². The van der Waals surface area contributed by atoms with Gasteiger partial charge in [0.2, 0.25) is 11.5 Å². The number of benzene rings is 4. The monoisotopic (exact) mass is 992 g/mol. The molecular weight excluding hydrogens is 924 g/mol. The summed E-state index contributed by atoms with van der Waals surface area (Å²) in [5.41, 5.74) is 6.47. The summed E-state index contributed by atoms with van der Waals surface area (Å²) in [5.74, 6) is 4.29. The van der Waals surface area contributed by atoms with E-state index in [4.69, 9.17) is 68.4 Å². The zero-order valence-electron chi connectivity index (χ0n) is 42.6. The third kappa shape index (κ3) is 11.3. The molecule has 0 N–H and O–H groups in total. The third-order valence-corrected chi connectivity index (χ3v) is 14.1. The number of fused-ring (bicyclic) bond motifs is 2. The fraction of sp³-hybridized carbons (Fsp3) is 0.472. The first-order chi connectivity index (χ1) is 33.7. The van der Waals surface area contributed by atoms with E-state index in [-0.39, 0.29) is 30.3 Å². The van der Waals surface area contributed by atoms with Crippen molar-refractivity contribution in [2.75, 3.05) is 125 Å². The van der Waals surface area contributed by atoms with Crippen molar-refractivity contribution in [2.45, 2.75) is 44.2 Å². The Balaban J connectivity index is 1.10. The van der Waals surface area contributed by atoms with Gasteiger partial charge in [-0.05, 0) is 65.2 Å². The van der Waals surface area contributed by atoms with Gasteiger partial charge < -0.3 is 65.8 Å². The Kier molecular flexibility index (Phi) is 17.9. The molecule has 0 amide bonds. The summed E-state index contributed by atoms with van der Waals surface area (Å²) < 4.78 is 69.4. The SMILES string of the molecule is COc1cc2c(cc1OC)[C@@H](c1cc(OC)c(OC)c(OC)c1)[N@+](C)(CCCOC(=O)/C(Cl)=C/C(=O)OCCC[N@+]1(C)CCc3cc(OC)c(OC)cc3[C@H]1Cc1cc(OC)c(OC)c(OC)c1)CC2. The molecule has 0 aromatic heterocycles. The Morgan fingerprint density at radius 1 is 0.543 bits per heavy atom.